The zero-order valence-electron chi connectivity index (χ0n) is 11.6. The molecule has 0 saturated heterocycles. The molecule has 2 N–H and O–H groups in total. The minimum atomic E-state index is 0.521. The summed E-state index contributed by atoms with van der Waals surface area (Å²) < 4.78 is 0. The molecule has 0 spiro atoms. The fourth-order valence-corrected chi connectivity index (χ4v) is 3.71. The van der Waals surface area contributed by atoms with Crippen molar-refractivity contribution in [1.29, 1.82) is 0 Å². The molecule has 1 unspecified atom stereocenters. The minimum Gasteiger partial charge on any atom is -0.329 e. The van der Waals surface area contributed by atoms with Crippen molar-refractivity contribution in [2.45, 2.75) is 51.6 Å². The van der Waals surface area contributed by atoms with Crippen LogP contribution in [0.3, 0.4) is 0 Å². The first-order valence-corrected chi connectivity index (χ1v) is 7.90. The van der Waals surface area contributed by atoms with E-state index >= 15 is 0 Å². The largest absolute Gasteiger partial charge is 0.329 e. The number of aryl methyl sites for hydroxylation is 1. The topological polar surface area (TPSA) is 42.2 Å². The Bertz CT molecular complexity index is 358. The van der Waals surface area contributed by atoms with Gasteiger partial charge in [0.15, 0.2) is 0 Å². The molecule has 1 fully saturated rings. The highest BCUT2D eigenvalue weighted by Crippen LogP contribution is 2.28. The van der Waals surface area contributed by atoms with Crippen LogP contribution < -0.4 is 5.73 Å². The maximum absolute atomic E-state index is 6.00. The van der Waals surface area contributed by atoms with Gasteiger partial charge in [-0.15, -0.1) is 11.3 Å². The molecule has 1 atom stereocenters. The number of thiazole rings is 1. The fourth-order valence-electron chi connectivity index (χ4n) is 3.10. The highest BCUT2D eigenvalue weighted by molar-refractivity contribution is 7.09. The van der Waals surface area contributed by atoms with Crippen molar-refractivity contribution in [1.82, 2.24) is 9.88 Å². The van der Waals surface area contributed by atoms with Crippen molar-refractivity contribution >= 4 is 11.3 Å². The van der Waals surface area contributed by atoms with E-state index in [4.69, 9.17) is 5.73 Å². The van der Waals surface area contributed by atoms with E-state index in [1.807, 2.05) is 0 Å². The number of aromatic nitrogens is 1. The van der Waals surface area contributed by atoms with Gasteiger partial charge in [-0.3, -0.25) is 4.90 Å². The Morgan fingerprint density at radius 1 is 1.44 bits per heavy atom. The van der Waals surface area contributed by atoms with Crippen LogP contribution in [0, 0.1) is 12.8 Å². The van der Waals surface area contributed by atoms with Gasteiger partial charge >= 0.3 is 0 Å². The highest BCUT2D eigenvalue weighted by Gasteiger charge is 2.26. The predicted molar refractivity (Wildman–Crippen MR) is 77.7 cm³/mol. The lowest BCUT2D eigenvalue weighted by Crippen LogP contribution is -2.43. The molecule has 0 aliphatic heterocycles. The number of likely N-dealkylation sites (N-methyl/N-ethyl adjacent to an activating group) is 1. The van der Waals surface area contributed by atoms with E-state index in [9.17, 15) is 0 Å². The summed E-state index contributed by atoms with van der Waals surface area (Å²) in [6.07, 6.45) is 6.86. The molecular weight excluding hydrogens is 242 g/mol. The molecule has 1 aromatic rings. The fraction of sp³-hybridized carbons (Fsp3) is 0.786. The van der Waals surface area contributed by atoms with Crippen LogP contribution in [0.2, 0.25) is 0 Å². The maximum Gasteiger partial charge on any atom is 0.0897 e. The number of nitrogens with zero attached hydrogens (tertiary/aromatic N) is 2. The molecule has 1 aromatic heterocycles. The van der Waals surface area contributed by atoms with Gasteiger partial charge in [-0.25, -0.2) is 4.98 Å². The Morgan fingerprint density at radius 3 is 2.72 bits per heavy atom. The maximum atomic E-state index is 6.00. The molecule has 1 aliphatic carbocycles. The zero-order valence-corrected chi connectivity index (χ0v) is 12.4. The smallest absolute Gasteiger partial charge is 0.0897 e. The van der Waals surface area contributed by atoms with Crippen LogP contribution in [-0.2, 0) is 6.54 Å². The van der Waals surface area contributed by atoms with E-state index in [0.717, 1.165) is 24.0 Å². The summed E-state index contributed by atoms with van der Waals surface area (Å²) in [6, 6.07) is 0.521. The van der Waals surface area contributed by atoms with Crippen LogP contribution >= 0.6 is 11.3 Å². The molecule has 1 saturated carbocycles. The van der Waals surface area contributed by atoms with Crippen molar-refractivity contribution < 1.29 is 0 Å². The summed E-state index contributed by atoms with van der Waals surface area (Å²) in [6.45, 7) is 3.77. The molecule has 0 amide bonds. The summed E-state index contributed by atoms with van der Waals surface area (Å²) in [5.41, 5.74) is 7.19. The summed E-state index contributed by atoms with van der Waals surface area (Å²) in [4.78, 5) is 6.96. The lowest BCUT2D eigenvalue weighted by Gasteiger charge is -2.35. The molecule has 0 aromatic carbocycles. The first-order chi connectivity index (χ1) is 8.70. The SMILES string of the molecule is Cc1nc(CN(C)C(CN)C2CCCCC2)cs1. The Labute approximate surface area is 114 Å². The first-order valence-electron chi connectivity index (χ1n) is 7.02. The number of hydrogen-bond acceptors (Lipinski definition) is 4. The van der Waals surface area contributed by atoms with E-state index in [1.165, 1.54) is 37.8 Å². The quantitative estimate of drug-likeness (QED) is 0.892. The Hall–Kier alpha value is -0.450. The average molecular weight is 267 g/mol. The summed E-state index contributed by atoms with van der Waals surface area (Å²) in [5, 5.41) is 3.32. The molecule has 3 nitrogen and oxygen atoms in total. The molecule has 1 aliphatic rings. The van der Waals surface area contributed by atoms with Crippen molar-refractivity contribution in [3.8, 4) is 0 Å². The van der Waals surface area contributed by atoms with Crippen LogP contribution in [0.5, 0.6) is 0 Å². The van der Waals surface area contributed by atoms with Gasteiger partial charge in [0.05, 0.1) is 10.7 Å². The molecule has 2 rings (SSSR count). The van der Waals surface area contributed by atoms with E-state index < -0.39 is 0 Å². The van der Waals surface area contributed by atoms with Crippen LogP contribution in [0.15, 0.2) is 5.38 Å². The summed E-state index contributed by atoms with van der Waals surface area (Å²) in [5.74, 6) is 0.786. The third-order valence-electron chi connectivity index (χ3n) is 4.08. The molecule has 102 valence electrons. The number of hydrogen-bond donors (Lipinski definition) is 1. The monoisotopic (exact) mass is 267 g/mol. The van der Waals surface area contributed by atoms with Crippen molar-refractivity contribution in [3.63, 3.8) is 0 Å². The second-order valence-corrected chi connectivity index (χ2v) is 6.54. The molecule has 0 radical (unpaired) electrons. The second-order valence-electron chi connectivity index (χ2n) is 5.47. The molecular formula is C14H25N3S. The van der Waals surface area contributed by atoms with Gasteiger partial charge in [-0.05, 0) is 32.7 Å². The standard InChI is InChI=1S/C14H25N3S/c1-11-16-13(10-18-11)9-17(2)14(8-15)12-6-4-3-5-7-12/h10,12,14H,3-9,15H2,1-2H3. The van der Waals surface area contributed by atoms with Crippen LogP contribution in [0.1, 0.15) is 42.8 Å². The molecule has 0 bridgehead atoms. The van der Waals surface area contributed by atoms with E-state index in [1.54, 1.807) is 11.3 Å². The summed E-state index contributed by atoms with van der Waals surface area (Å²) >= 11 is 1.73. The predicted octanol–water partition coefficient (Wildman–Crippen LogP) is 2.79. The minimum absolute atomic E-state index is 0.521. The van der Waals surface area contributed by atoms with Gasteiger partial charge in [0, 0.05) is 24.5 Å². The number of nitrogens with two attached hydrogens (primary N) is 1. The van der Waals surface area contributed by atoms with Crippen molar-refractivity contribution in [2.75, 3.05) is 13.6 Å². The molecule has 1 heterocycles. The van der Waals surface area contributed by atoms with Gasteiger partial charge in [-0.2, -0.15) is 0 Å². The van der Waals surface area contributed by atoms with Crippen LogP contribution in [-0.4, -0.2) is 29.5 Å². The van der Waals surface area contributed by atoms with E-state index in [2.05, 4.69) is 29.2 Å². The third kappa shape index (κ3) is 3.53. The van der Waals surface area contributed by atoms with Crippen LogP contribution in [0.4, 0.5) is 0 Å². The third-order valence-corrected chi connectivity index (χ3v) is 4.90. The summed E-state index contributed by atoms with van der Waals surface area (Å²) in [7, 11) is 2.20. The lowest BCUT2D eigenvalue weighted by molar-refractivity contribution is 0.142. The van der Waals surface area contributed by atoms with Gasteiger partial charge in [0.2, 0.25) is 0 Å². The highest BCUT2D eigenvalue weighted by atomic mass is 32.1. The first kappa shape index (κ1) is 14.0. The number of rotatable bonds is 5. The van der Waals surface area contributed by atoms with Gasteiger partial charge in [-0.1, -0.05) is 19.3 Å². The van der Waals surface area contributed by atoms with Gasteiger partial charge in [0.1, 0.15) is 0 Å². The second kappa shape index (κ2) is 6.64. The van der Waals surface area contributed by atoms with E-state index in [-0.39, 0.29) is 0 Å². The normalized spacial score (nSPS) is 19.3. The molecule has 18 heavy (non-hydrogen) atoms. The van der Waals surface area contributed by atoms with Crippen LogP contribution in [0.25, 0.3) is 0 Å². The van der Waals surface area contributed by atoms with E-state index in [0.29, 0.717) is 6.04 Å². The average Bonchev–Trinajstić information content (AvgIpc) is 2.77. The lowest BCUT2D eigenvalue weighted by atomic mass is 9.83. The Kier molecular flexibility index (Phi) is 5.15. The Morgan fingerprint density at radius 2 is 2.17 bits per heavy atom. The van der Waals surface area contributed by atoms with Gasteiger partial charge in [0.25, 0.3) is 0 Å². The molecule has 4 heteroatoms. The zero-order chi connectivity index (χ0) is 13.0. The van der Waals surface area contributed by atoms with Crippen molar-refractivity contribution in [2.24, 2.45) is 11.7 Å². The van der Waals surface area contributed by atoms with Crippen molar-refractivity contribution in [3.05, 3.63) is 16.1 Å². The Balaban J connectivity index is 1.93. The van der Waals surface area contributed by atoms with Gasteiger partial charge < -0.3 is 5.73 Å².